The van der Waals surface area contributed by atoms with E-state index in [1.807, 2.05) is 29.5 Å². The Morgan fingerprint density at radius 1 is 1.35 bits per heavy atom. The molecule has 106 valence electrons. The lowest BCUT2D eigenvalue weighted by Gasteiger charge is -2.28. The lowest BCUT2D eigenvalue weighted by atomic mass is 9.92. The first kappa shape index (κ1) is 14.3. The molecule has 1 aromatic carbocycles. The molecule has 2 aromatic rings. The summed E-state index contributed by atoms with van der Waals surface area (Å²) >= 11 is 5.43. The van der Waals surface area contributed by atoms with Crippen LogP contribution in [0.3, 0.4) is 0 Å². The zero-order valence-electron chi connectivity index (χ0n) is 11.2. The minimum absolute atomic E-state index is 0.00539. The van der Waals surface area contributed by atoms with E-state index in [9.17, 15) is 5.11 Å². The summed E-state index contributed by atoms with van der Waals surface area (Å²) in [7, 11) is 0. The van der Waals surface area contributed by atoms with Gasteiger partial charge in [-0.05, 0) is 52.4 Å². The largest absolute Gasteiger partial charge is 0.394 e. The molecule has 0 fully saturated rings. The normalized spacial score (nSPS) is 19.6. The number of fused-ring (bicyclic) bond motifs is 1. The van der Waals surface area contributed by atoms with Crippen LogP contribution in [0.1, 0.15) is 40.9 Å². The van der Waals surface area contributed by atoms with Gasteiger partial charge in [-0.15, -0.1) is 11.3 Å². The summed E-state index contributed by atoms with van der Waals surface area (Å²) in [4.78, 5) is 1.48. The molecule has 0 bridgehead atoms. The molecule has 1 unspecified atom stereocenters. The van der Waals surface area contributed by atoms with Crippen LogP contribution in [-0.4, -0.2) is 11.7 Å². The second-order valence-electron chi connectivity index (χ2n) is 5.19. The van der Waals surface area contributed by atoms with E-state index in [2.05, 4.69) is 39.4 Å². The summed E-state index contributed by atoms with van der Waals surface area (Å²) in [5.41, 5.74) is 2.55. The van der Waals surface area contributed by atoms with Crippen molar-refractivity contribution >= 4 is 27.3 Å². The van der Waals surface area contributed by atoms with Gasteiger partial charge in [-0.25, -0.2) is 0 Å². The highest BCUT2D eigenvalue weighted by molar-refractivity contribution is 9.11. The molecule has 0 saturated heterocycles. The first-order valence-corrected chi connectivity index (χ1v) is 8.59. The lowest BCUT2D eigenvalue weighted by molar-refractivity contribution is 0.228. The minimum Gasteiger partial charge on any atom is -0.394 e. The summed E-state index contributed by atoms with van der Waals surface area (Å²) in [6.07, 6.45) is 3.53. The van der Waals surface area contributed by atoms with Gasteiger partial charge in [-0.1, -0.05) is 30.3 Å². The molecule has 2 atom stereocenters. The van der Waals surface area contributed by atoms with Crippen molar-refractivity contribution in [3.63, 3.8) is 0 Å². The molecule has 1 aliphatic carbocycles. The maximum Gasteiger partial charge on any atom is 0.0704 e. The second-order valence-corrected chi connectivity index (χ2v) is 7.70. The van der Waals surface area contributed by atoms with Crippen LogP contribution in [0.15, 0.2) is 40.2 Å². The summed E-state index contributed by atoms with van der Waals surface area (Å²) in [5.74, 6) is 0. The number of benzene rings is 1. The topological polar surface area (TPSA) is 32.3 Å². The average molecular weight is 352 g/mol. The molecule has 0 aliphatic heterocycles. The van der Waals surface area contributed by atoms with E-state index >= 15 is 0 Å². The van der Waals surface area contributed by atoms with Gasteiger partial charge < -0.3 is 10.4 Å². The Hall–Kier alpha value is -0.680. The third-order valence-electron chi connectivity index (χ3n) is 3.87. The number of hydrogen-bond donors (Lipinski definition) is 2. The molecule has 4 heteroatoms. The van der Waals surface area contributed by atoms with Gasteiger partial charge >= 0.3 is 0 Å². The van der Waals surface area contributed by atoms with Crippen molar-refractivity contribution in [1.82, 2.24) is 5.32 Å². The monoisotopic (exact) mass is 351 g/mol. The van der Waals surface area contributed by atoms with Crippen molar-refractivity contribution in [1.29, 1.82) is 0 Å². The summed E-state index contributed by atoms with van der Waals surface area (Å²) in [6.45, 7) is 0.126. The van der Waals surface area contributed by atoms with Gasteiger partial charge in [0.1, 0.15) is 0 Å². The highest BCUT2D eigenvalue weighted by Crippen LogP contribution is 2.38. The maximum atomic E-state index is 9.69. The zero-order valence-corrected chi connectivity index (χ0v) is 13.6. The van der Waals surface area contributed by atoms with Crippen molar-refractivity contribution in [2.75, 3.05) is 6.61 Å². The Labute approximate surface area is 132 Å². The summed E-state index contributed by atoms with van der Waals surface area (Å²) < 4.78 is 1.21. The predicted octanol–water partition coefficient (Wildman–Crippen LogP) is 4.21. The van der Waals surface area contributed by atoms with Gasteiger partial charge in [0.15, 0.2) is 0 Å². The number of rotatable bonds is 4. The fraction of sp³-hybridized carbons (Fsp3) is 0.375. The number of aliphatic hydroxyl groups is 1. The Balaban J connectivity index is 1.80. The zero-order chi connectivity index (χ0) is 13.9. The van der Waals surface area contributed by atoms with Crippen LogP contribution < -0.4 is 5.32 Å². The molecule has 0 radical (unpaired) electrons. The van der Waals surface area contributed by atoms with Gasteiger partial charge in [0, 0.05) is 10.9 Å². The summed E-state index contributed by atoms with van der Waals surface area (Å²) in [5, 5.41) is 13.3. The van der Waals surface area contributed by atoms with Gasteiger partial charge in [-0.3, -0.25) is 0 Å². The van der Waals surface area contributed by atoms with Crippen LogP contribution in [0.4, 0.5) is 0 Å². The van der Waals surface area contributed by atoms with E-state index in [0.717, 1.165) is 12.0 Å². The molecule has 0 spiro atoms. The highest BCUT2D eigenvalue weighted by atomic mass is 79.9. The standard InChI is InChI=1S/C16H18BrNOS/c17-16-9-12-13(7-4-8-15(12)20-16)18-14(10-19)11-5-2-1-3-6-11/h1-3,5-6,9,13-14,18-19H,4,7-8,10H2/t13?,14-/m0/s1. The van der Waals surface area contributed by atoms with E-state index in [0.29, 0.717) is 6.04 Å². The minimum atomic E-state index is 0.00539. The van der Waals surface area contributed by atoms with E-state index in [-0.39, 0.29) is 12.6 Å². The summed E-state index contributed by atoms with van der Waals surface area (Å²) in [6, 6.07) is 12.8. The lowest BCUT2D eigenvalue weighted by Crippen LogP contribution is -2.30. The molecule has 2 nitrogen and oxygen atoms in total. The third kappa shape index (κ3) is 2.98. The SMILES string of the molecule is OC[C@H](NC1CCCc2sc(Br)cc21)c1ccccc1. The Bertz CT molecular complexity index is 569. The average Bonchev–Trinajstić information content (AvgIpc) is 2.86. The fourth-order valence-electron chi connectivity index (χ4n) is 2.88. The van der Waals surface area contributed by atoms with Crippen LogP contribution in [0.25, 0.3) is 0 Å². The van der Waals surface area contributed by atoms with Crippen molar-refractivity contribution < 1.29 is 5.11 Å². The molecular formula is C16H18BrNOS. The Morgan fingerprint density at radius 2 is 2.15 bits per heavy atom. The molecule has 20 heavy (non-hydrogen) atoms. The number of aliphatic hydroxyl groups excluding tert-OH is 1. The first-order valence-electron chi connectivity index (χ1n) is 6.98. The quantitative estimate of drug-likeness (QED) is 0.864. The van der Waals surface area contributed by atoms with Crippen molar-refractivity contribution in [2.24, 2.45) is 0 Å². The fourth-order valence-corrected chi connectivity index (χ4v) is 4.70. The van der Waals surface area contributed by atoms with Crippen LogP contribution in [0.2, 0.25) is 0 Å². The number of thiophene rings is 1. The van der Waals surface area contributed by atoms with Crippen molar-refractivity contribution in [3.05, 3.63) is 56.2 Å². The van der Waals surface area contributed by atoms with Crippen LogP contribution in [-0.2, 0) is 6.42 Å². The Kier molecular flexibility index (Phi) is 4.56. The number of hydrogen-bond acceptors (Lipinski definition) is 3. The molecule has 0 saturated carbocycles. The van der Waals surface area contributed by atoms with Crippen LogP contribution in [0, 0.1) is 0 Å². The van der Waals surface area contributed by atoms with E-state index in [1.54, 1.807) is 0 Å². The number of nitrogens with one attached hydrogen (secondary N) is 1. The van der Waals surface area contributed by atoms with E-state index < -0.39 is 0 Å². The number of halogens is 1. The molecular weight excluding hydrogens is 334 g/mol. The second kappa shape index (κ2) is 6.39. The van der Waals surface area contributed by atoms with Gasteiger partial charge in [-0.2, -0.15) is 0 Å². The third-order valence-corrected chi connectivity index (χ3v) is 5.58. The number of aryl methyl sites for hydroxylation is 1. The van der Waals surface area contributed by atoms with Gasteiger partial charge in [0.05, 0.1) is 16.4 Å². The van der Waals surface area contributed by atoms with Crippen LogP contribution in [0.5, 0.6) is 0 Å². The van der Waals surface area contributed by atoms with Gasteiger partial charge in [0.25, 0.3) is 0 Å². The molecule has 2 N–H and O–H groups in total. The van der Waals surface area contributed by atoms with E-state index in [1.165, 1.54) is 27.1 Å². The van der Waals surface area contributed by atoms with Crippen LogP contribution >= 0.6 is 27.3 Å². The van der Waals surface area contributed by atoms with E-state index in [4.69, 9.17) is 0 Å². The van der Waals surface area contributed by atoms with Crippen molar-refractivity contribution in [2.45, 2.75) is 31.3 Å². The molecule has 1 aromatic heterocycles. The maximum absolute atomic E-state index is 9.69. The highest BCUT2D eigenvalue weighted by Gasteiger charge is 2.25. The molecule has 1 heterocycles. The molecule has 1 aliphatic rings. The first-order chi connectivity index (χ1) is 9.78. The van der Waals surface area contributed by atoms with Crippen molar-refractivity contribution in [3.8, 4) is 0 Å². The molecule has 3 rings (SSSR count). The molecule has 0 amide bonds. The van der Waals surface area contributed by atoms with Gasteiger partial charge in [0.2, 0.25) is 0 Å². The predicted molar refractivity (Wildman–Crippen MR) is 87.1 cm³/mol. The Morgan fingerprint density at radius 3 is 2.90 bits per heavy atom. The smallest absolute Gasteiger partial charge is 0.0704 e.